The highest BCUT2D eigenvalue weighted by atomic mass is 35.5. The Morgan fingerprint density at radius 1 is 1.05 bits per heavy atom. The maximum absolute atomic E-state index is 5.72. The molecule has 1 fully saturated rings. The predicted octanol–water partition coefficient (Wildman–Crippen LogP) is 3.54. The normalized spacial score (nSPS) is 15.2. The van der Waals surface area contributed by atoms with Gasteiger partial charge in [0.1, 0.15) is 6.61 Å². The van der Waals surface area contributed by atoms with E-state index in [1.165, 1.54) is 25.9 Å². The van der Waals surface area contributed by atoms with Crippen LogP contribution in [-0.2, 0) is 0 Å². The van der Waals surface area contributed by atoms with Crippen molar-refractivity contribution in [2.75, 3.05) is 32.8 Å². The molecule has 0 aliphatic carbocycles. The van der Waals surface area contributed by atoms with Crippen molar-refractivity contribution in [2.45, 2.75) is 19.8 Å². The fraction of sp³-hybridized carbons (Fsp3) is 0.500. The van der Waals surface area contributed by atoms with Crippen LogP contribution in [0.2, 0.25) is 0 Å². The largest absolute Gasteiger partial charge is 0.490 e. The Morgan fingerprint density at radius 3 is 2.35 bits per heavy atom. The summed E-state index contributed by atoms with van der Waals surface area (Å²) in [5.41, 5.74) is 0. The Hall–Kier alpha value is -1.19. The average Bonchev–Trinajstić information content (AvgIpc) is 2.94. The average molecular weight is 298 g/mol. The van der Waals surface area contributed by atoms with Crippen LogP contribution < -0.4 is 9.47 Å². The van der Waals surface area contributed by atoms with Crippen molar-refractivity contribution in [3.05, 3.63) is 36.4 Å². The zero-order valence-electron chi connectivity index (χ0n) is 12.1. The van der Waals surface area contributed by atoms with Gasteiger partial charge in [0.05, 0.1) is 6.61 Å². The van der Waals surface area contributed by atoms with Gasteiger partial charge in [0, 0.05) is 6.54 Å². The molecule has 112 valence electrons. The van der Waals surface area contributed by atoms with Crippen molar-refractivity contribution >= 4 is 12.4 Å². The molecule has 1 heterocycles. The van der Waals surface area contributed by atoms with Gasteiger partial charge in [0.25, 0.3) is 0 Å². The Kier molecular flexibility index (Phi) is 8.16. The second-order valence-corrected chi connectivity index (χ2v) is 4.67. The highest BCUT2D eigenvalue weighted by Gasteiger charge is 2.08. The molecule has 1 aliphatic heterocycles. The summed E-state index contributed by atoms with van der Waals surface area (Å²) in [5.74, 6) is 1.63. The second kappa shape index (κ2) is 9.67. The zero-order valence-corrected chi connectivity index (χ0v) is 12.9. The van der Waals surface area contributed by atoms with Crippen LogP contribution in [0.5, 0.6) is 11.5 Å². The molecular weight excluding hydrogens is 274 g/mol. The summed E-state index contributed by atoms with van der Waals surface area (Å²) in [6.07, 6.45) is 6.95. The van der Waals surface area contributed by atoms with Crippen LogP contribution in [0.15, 0.2) is 36.4 Å². The first-order valence-corrected chi connectivity index (χ1v) is 7.12. The molecule has 0 aromatic heterocycles. The summed E-state index contributed by atoms with van der Waals surface area (Å²) < 4.78 is 11.2. The number of benzene rings is 1. The van der Waals surface area contributed by atoms with Gasteiger partial charge in [0.15, 0.2) is 11.5 Å². The fourth-order valence-corrected chi connectivity index (χ4v) is 2.24. The molecule has 1 saturated heterocycles. The van der Waals surface area contributed by atoms with E-state index in [1.54, 1.807) is 0 Å². The van der Waals surface area contributed by atoms with Crippen LogP contribution in [0, 0.1) is 0 Å². The third kappa shape index (κ3) is 5.43. The maximum atomic E-state index is 5.72. The maximum Gasteiger partial charge on any atom is 0.161 e. The van der Waals surface area contributed by atoms with Crippen LogP contribution in [0.4, 0.5) is 0 Å². The summed E-state index contributed by atoms with van der Waals surface area (Å²) in [5, 5.41) is 0. The summed E-state index contributed by atoms with van der Waals surface area (Å²) >= 11 is 0. The number of halogens is 1. The smallest absolute Gasteiger partial charge is 0.161 e. The van der Waals surface area contributed by atoms with E-state index < -0.39 is 0 Å². The Morgan fingerprint density at radius 2 is 1.70 bits per heavy atom. The van der Waals surface area contributed by atoms with Gasteiger partial charge in [-0.25, -0.2) is 0 Å². The Bertz CT molecular complexity index is 403. The molecular formula is C16H24ClNO2. The lowest BCUT2D eigenvalue weighted by atomic mass is 10.3. The molecule has 1 aromatic carbocycles. The third-order valence-electron chi connectivity index (χ3n) is 3.21. The van der Waals surface area contributed by atoms with E-state index in [0.29, 0.717) is 13.2 Å². The molecule has 0 bridgehead atoms. The minimum atomic E-state index is 0. The molecule has 0 atom stereocenters. The summed E-state index contributed by atoms with van der Waals surface area (Å²) in [6.45, 7) is 6.74. The van der Waals surface area contributed by atoms with E-state index in [-0.39, 0.29) is 12.4 Å². The van der Waals surface area contributed by atoms with Gasteiger partial charge >= 0.3 is 0 Å². The van der Waals surface area contributed by atoms with Crippen molar-refractivity contribution in [1.82, 2.24) is 4.90 Å². The van der Waals surface area contributed by atoms with Crippen molar-refractivity contribution in [2.24, 2.45) is 0 Å². The van der Waals surface area contributed by atoms with E-state index >= 15 is 0 Å². The molecule has 0 amide bonds. The van der Waals surface area contributed by atoms with E-state index in [9.17, 15) is 0 Å². The molecule has 4 heteroatoms. The molecule has 0 spiro atoms. The number of hydrogen-bond acceptors (Lipinski definition) is 3. The van der Waals surface area contributed by atoms with E-state index in [4.69, 9.17) is 9.47 Å². The molecule has 0 radical (unpaired) electrons. The lowest BCUT2D eigenvalue weighted by molar-refractivity contribution is 0.296. The quantitative estimate of drug-likeness (QED) is 0.719. The Labute approximate surface area is 128 Å². The summed E-state index contributed by atoms with van der Waals surface area (Å²) in [6, 6.07) is 7.80. The van der Waals surface area contributed by atoms with E-state index in [2.05, 4.69) is 17.1 Å². The van der Waals surface area contributed by atoms with Crippen LogP contribution in [0.3, 0.4) is 0 Å². The SMILES string of the molecule is CCOc1ccccc1OCC=CCN1CCCC1.Cl. The molecule has 20 heavy (non-hydrogen) atoms. The number of nitrogens with zero attached hydrogens (tertiary/aromatic N) is 1. The number of hydrogen-bond donors (Lipinski definition) is 0. The van der Waals surface area contributed by atoms with Gasteiger partial charge in [0.2, 0.25) is 0 Å². The standard InChI is InChI=1S/C16H23NO2.ClH/c1-2-18-15-9-3-4-10-16(15)19-14-8-7-13-17-11-5-6-12-17;/h3-4,7-10H,2,5-6,11-14H2,1H3;1H. The highest BCUT2D eigenvalue weighted by molar-refractivity contribution is 5.85. The second-order valence-electron chi connectivity index (χ2n) is 4.67. The molecule has 2 rings (SSSR count). The summed E-state index contributed by atoms with van der Waals surface area (Å²) in [4.78, 5) is 2.46. The number of para-hydroxylation sites is 2. The fourth-order valence-electron chi connectivity index (χ4n) is 2.24. The van der Waals surface area contributed by atoms with Gasteiger partial charge in [-0.05, 0) is 45.0 Å². The predicted molar refractivity (Wildman–Crippen MR) is 85.2 cm³/mol. The third-order valence-corrected chi connectivity index (χ3v) is 3.21. The van der Waals surface area contributed by atoms with Crippen LogP contribution in [0.25, 0.3) is 0 Å². The molecule has 3 nitrogen and oxygen atoms in total. The first-order valence-electron chi connectivity index (χ1n) is 7.12. The van der Waals surface area contributed by atoms with Gasteiger partial charge in [-0.15, -0.1) is 12.4 Å². The summed E-state index contributed by atoms with van der Waals surface area (Å²) in [7, 11) is 0. The van der Waals surface area contributed by atoms with Crippen LogP contribution >= 0.6 is 12.4 Å². The first kappa shape index (κ1) is 16.9. The van der Waals surface area contributed by atoms with Gasteiger partial charge in [-0.2, -0.15) is 0 Å². The van der Waals surface area contributed by atoms with Gasteiger partial charge < -0.3 is 9.47 Å². The van der Waals surface area contributed by atoms with E-state index in [1.807, 2.05) is 31.2 Å². The Balaban J connectivity index is 0.00000200. The van der Waals surface area contributed by atoms with Crippen molar-refractivity contribution in [3.8, 4) is 11.5 Å². The monoisotopic (exact) mass is 297 g/mol. The zero-order chi connectivity index (χ0) is 13.3. The first-order chi connectivity index (χ1) is 9.40. The number of likely N-dealkylation sites (tertiary alicyclic amines) is 1. The number of ether oxygens (including phenoxy) is 2. The van der Waals surface area contributed by atoms with Crippen LogP contribution in [0.1, 0.15) is 19.8 Å². The topological polar surface area (TPSA) is 21.7 Å². The minimum absolute atomic E-state index is 0. The molecule has 1 aromatic rings. The molecule has 1 aliphatic rings. The van der Waals surface area contributed by atoms with Crippen molar-refractivity contribution < 1.29 is 9.47 Å². The van der Waals surface area contributed by atoms with Crippen molar-refractivity contribution in [3.63, 3.8) is 0 Å². The lowest BCUT2D eigenvalue weighted by Gasteiger charge is -2.11. The molecule has 0 N–H and O–H groups in total. The lowest BCUT2D eigenvalue weighted by Crippen LogP contribution is -2.18. The molecule has 0 unspecified atom stereocenters. The van der Waals surface area contributed by atoms with E-state index in [0.717, 1.165) is 18.0 Å². The van der Waals surface area contributed by atoms with Gasteiger partial charge in [-0.1, -0.05) is 24.3 Å². The number of rotatable bonds is 7. The van der Waals surface area contributed by atoms with Crippen molar-refractivity contribution in [1.29, 1.82) is 0 Å². The van der Waals surface area contributed by atoms with Crippen LogP contribution in [-0.4, -0.2) is 37.7 Å². The molecule has 0 saturated carbocycles. The highest BCUT2D eigenvalue weighted by Crippen LogP contribution is 2.26. The van der Waals surface area contributed by atoms with Gasteiger partial charge in [-0.3, -0.25) is 4.90 Å². The minimum Gasteiger partial charge on any atom is -0.490 e.